The van der Waals surface area contributed by atoms with Crippen molar-refractivity contribution in [3.8, 4) is 0 Å². The van der Waals surface area contributed by atoms with Crippen LogP contribution in [-0.2, 0) is 9.53 Å². The van der Waals surface area contributed by atoms with E-state index in [0.717, 1.165) is 21.0 Å². The Kier molecular flexibility index (Phi) is 5.00. The second-order valence-electron chi connectivity index (χ2n) is 5.14. The number of aryl methyl sites for hydroxylation is 1. The molecule has 0 aliphatic carbocycles. The van der Waals surface area contributed by atoms with Crippen LogP contribution in [0.15, 0.2) is 40.6 Å². The van der Waals surface area contributed by atoms with Gasteiger partial charge in [0.2, 0.25) is 0 Å². The minimum atomic E-state index is -0.249. The van der Waals surface area contributed by atoms with E-state index in [9.17, 15) is 9.59 Å². The molecule has 5 nitrogen and oxygen atoms in total. The first-order valence-corrected chi connectivity index (χ1v) is 8.87. The van der Waals surface area contributed by atoms with Gasteiger partial charge in [0.05, 0.1) is 11.5 Å². The average molecular weight is 348 g/mol. The third-order valence-electron chi connectivity index (χ3n) is 3.43. The molecule has 1 aromatic heterocycles. The molecule has 1 amide bonds. The highest BCUT2D eigenvalue weighted by Crippen LogP contribution is 2.22. The van der Waals surface area contributed by atoms with E-state index in [-0.39, 0.29) is 17.9 Å². The number of cyclic esters (lactones) is 1. The number of thiophene rings is 1. The van der Waals surface area contributed by atoms with Crippen molar-refractivity contribution in [2.45, 2.75) is 24.3 Å². The number of anilines is 1. The lowest BCUT2D eigenvalue weighted by atomic mass is 10.2. The zero-order valence-corrected chi connectivity index (χ0v) is 14.1. The number of carbonyl (C=O) groups is 2. The summed E-state index contributed by atoms with van der Waals surface area (Å²) in [5.74, 6) is -0.294. The van der Waals surface area contributed by atoms with E-state index < -0.39 is 0 Å². The van der Waals surface area contributed by atoms with Crippen molar-refractivity contribution in [3.05, 3.63) is 46.2 Å². The van der Waals surface area contributed by atoms with Crippen LogP contribution >= 0.6 is 23.3 Å². The van der Waals surface area contributed by atoms with Crippen LogP contribution in [0.1, 0.15) is 21.7 Å². The molecule has 1 saturated heterocycles. The van der Waals surface area contributed by atoms with Gasteiger partial charge < -0.3 is 10.1 Å². The van der Waals surface area contributed by atoms with Crippen LogP contribution in [0.4, 0.5) is 5.69 Å². The van der Waals surface area contributed by atoms with Crippen LogP contribution in [0.2, 0.25) is 0 Å². The Morgan fingerprint density at radius 1 is 1.30 bits per heavy atom. The van der Waals surface area contributed by atoms with Gasteiger partial charge in [0.25, 0.3) is 5.91 Å². The molecule has 0 saturated carbocycles. The van der Waals surface area contributed by atoms with Crippen molar-refractivity contribution in [1.29, 1.82) is 0 Å². The molecule has 2 N–H and O–H groups in total. The number of hydrogen-bond donors (Lipinski definition) is 2. The summed E-state index contributed by atoms with van der Waals surface area (Å²) in [6.07, 6.45) is 0.695. The molecule has 1 aliphatic heterocycles. The normalized spacial score (nSPS) is 17.1. The van der Waals surface area contributed by atoms with Crippen LogP contribution in [0.25, 0.3) is 0 Å². The van der Waals surface area contributed by atoms with Crippen molar-refractivity contribution in [2.24, 2.45) is 0 Å². The van der Waals surface area contributed by atoms with E-state index in [1.165, 1.54) is 23.3 Å². The van der Waals surface area contributed by atoms with E-state index >= 15 is 0 Å². The minimum Gasteiger partial charge on any atom is -0.464 e. The van der Waals surface area contributed by atoms with Crippen LogP contribution in [0.5, 0.6) is 0 Å². The summed E-state index contributed by atoms with van der Waals surface area (Å²) in [5.41, 5.74) is 1.72. The Morgan fingerprint density at radius 3 is 2.70 bits per heavy atom. The fourth-order valence-electron chi connectivity index (χ4n) is 2.14. The molecule has 1 fully saturated rings. The van der Waals surface area contributed by atoms with Gasteiger partial charge in [0.15, 0.2) is 0 Å². The van der Waals surface area contributed by atoms with Gasteiger partial charge >= 0.3 is 5.97 Å². The van der Waals surface area contributed by atoms with Crippen molar-refractivity contribution in [3.63, 3.8) is 0 Å². The predicted molar refractivity (Wildman–Crippen MR) is 91.8 cm³/mol. The minimum absolute atomic E-state index is 0.0928. The molecule has 23 heavy (non-hydrogen) atoms. The van der Waals surface area contributed by atoms with E-state index in [1.807, 2.05) is 42.6 Å². The van der Waals surface area contributed by atoms with Gasteiger partial charge in [-0.15, -0.1) is 11.3 Å². The monoisotopic (exact) mass is 348 g/mol. The van der Waals surface area contributed by atoms with Gasteiger partial charge in [-0.05, 0) is 60.1 Å². The van der Waals surface area contributed by atoms with E-state index in [0.29, 0.717) is 13.0 Å². The van der Waals surface area contributed by atoms with Crippen LogP contribution in [-0.4, -0.2) is 24.5 Å². The quantitative estimate of drug-likeness (QED) is 0.641. The molecule has 0 spiro atoms. The maximum Gasteiger partial charge on any atom is 0.324 e. The standard InChI is InChI=1S/C16H16N2O3S2/c1-10-7-9-22-14(10)15(19)17-11-2-4-12(5-3-11)23-18-13-6-8-21-16(13)20/h2-5,7,9,13,18H,6,8H2,1H3,(H,17,19). The smallest absolute Gasteiger partial charge is 0.324 e. The van der Waals surface area contributed by atoms with Crippen molar-refractivity contribution in [1.82, 2.24) is 4.72 Å². The number of esters is 1. The second kappa shape index (κ2) is 7.16. The molecule has 7 heteroatoms. The molecule has 1 aromatic carbocycles. The molecule has 0 bridgehead atoms. The second-order valence-corrected chi connectivity index (χ2v) is 6.97. The summed E-state index contributed by atoms with van der Waals surface area (Å²) < 4.78 is 7.99. The Hall–Kier alpha value is -1.83. The van der Waals surface area contributed by atoms with Gasteiger partial charge in [-0.3, -0.25) is 9.59 Å². The third-order valence-corrected chi connectivity index (χ3v) is 5.36. The van der Waals surface area contributed by atoms with Gasteiger partial charge in [-0.1, -0.05) is 0 Å². The maximum absolute atomic E-state index is 12.1. The van der Waals surface area contributed by atoms with E-state index in [4.69, 9.17) is 4.74 Å². The largest absolute Gasteiger partial charge is 0.464 e. The maximum atomic E-state index is 12.1. The highest BCUT2D eigenvalue weighted by Gasteiger charge is 2.26. The van der Waals surface area contributed by atoms with Crippen LogP contribution in [0, 0.1) is 6.92 Å². The lowest BCUT2D eigenvalue weighted by molar-refractivity contribution is -0.139. The first-order valence-electron chi connectivity index (χ1n) is 7.18. The lowest BCUT2D eigenvalue weighted by Gasteiger charge is -2.09. The highest BCUT2D eigenvalue weighted by atomic mass is 32.2. The molecular formula is C16H16N2O3S2. The van der Waals surface area contributed by atoms with Crippen molar-refractivity contribution in [2.75, 3.05) is 11.9 Å². The number of rotatable bonds is 5. The van der Waals surface area contributed by atoms with Gasteiger partial charge in [0, 0.05) is 17.0 Å². The van der Waals surface area contributed by atoms with Crippen LogP contribution < -0.4 is 10.0 Å². The van der Waals surface area contributed by atoms with E-state index in [1.54, 1.807) is 0 Å². The topological polar surface area (TPSA) is 67.4 Å². The summed E-state index contributed by atoms with van der Waals surface area (Å²) in [6, 6.07) is 9.17. The molecule has 3 rings (SSSR count). The van der Waals surface area contributed by atoms with Gasteiger partial charge in [-0.2, -0.15) is 0 Å². The third kappa shape index (κ3) is 3.93. The lowest BCUT2D eigenvalue weighted by Crippen LogP contribution is -2.27. The molecule has 1 unspecified atom stereocenters. The first-order chi connectivity index (χ1) is 11.1. The van der Waals surface area contributed by atoms with Crippen LogP contribution in [0.3, 0.4) is 0 Å². The van der Waals surface area contributed by atoms with E-state index in [2.05, 4.69) is 10.0 Å². The number of carbonyl (C=O) groups excluding carboxylic acids is 2. The fraction of sp³-hybridized carbons (Fsp3) is 0.250. The molecule has 120 valence electrons. The summed E-state index contributed by atoms with van der Waals surface area (Å²) in [5, 5.41) is 4.79. The van der Waals surface area contributed by atoms with Gasteiger partial charge in [-0.25, -0.2) is 4.72 Å². The number of ether oxygens (including phenoxy) is 1. The van der Waals surface area contributed by atoms with Gasteiger partial charge in [0.1, 0.15) is 6.04 Å². The fourth-order valence-corrected chi connectivity index (χ4v) is 3.73. The molecule has 1 atom stereocenters. The van der Waals surface area contributed by atoms with Crippen molar-refractivity contribution < 1.29 is 14.3 Å². The Balaban J connectivity index is 1.55. The molecule has 2 aromatic rings. The number of hydrogen-bond acceptors (Lipinski definition) is 6. The summed E-state index contributed by atoms with van der Waals surface area (Å²) in [4.78, 5) is 25.2. The van der Waals surface area contributed by atoms with Crippen molar-refractivity contribution >= 4 is 40.8 Å². The summed E-state index contributed by atoms with van der Waals surface area (Å²) in [6.45, 7) is 2.40. The predicted octanol–water partition coefficient (Wildman–Crippen LogP) is 3.22. The Morgan fingerprint density at radius 2 is 2.09 bits per heavy atom. The zero-order chi connectivity index (χ0) is 16.2. The highest BCUT2D eigenvalue weighted by molar-refractivity contribution is 7.97. The molecule has 1 aliphatic rings. The zero-order valence-electron chi connectivity index (χ0n) is 12.5. The average Bonchev–Trinajstić information content (AvgIpc) is 3.15. The number of amides is 1. The summed E-state index contributed by atoms with van der Waals surface area (Å²) in [7, 11) is 0. The SMILES string of the molecule is Cc1ccsc1C(=O)Nc1ccc(SNC2CCOC2=O)cc1. The number of benzene rings is 1. The molecule has 2 heterocycles. The Labute approximate surface area is 142 Å². The number of nitrogens with one attached hydrogen (secondary N) is 2. The molecular weight excluding hydrogens is 332 g/mol. The first kappa shape index (κ1) is 16.0. The Bertz CT molecular complexity index is 712. The summed E-state index contributed by atoms with van der Waals surface area (Å²) >= 11 is 2.82. The molecule has 0 radical (unpaired) electrons.